The molecule has 18 heavy (non-hydrogen) atoms. The molecule has 1 atom stereocenters. The molecule has 1 aromatic rings. The Kier molecular flexibility index (Phi) is 5.02. The van der Waals surface area contributed by atoms with Crippen LogP contribution in [0.1, 0.15) is 25.3 Å². The van der Waals surface area contributed by atoms with E-state index in [0.29, 0.717) is 12.8 Å². The molecule has 0 aliphatic carbocycles. The quantitative estimate of drug-likeness (QED) is 0.828. The van der Waals surface area contributed by atoms with Gasteiger partial charge >= 0.3 is 6.18 Å². The average Bonchev–Trinajstić information content (AvgIpc) is 2.28. The molecule has 0 radical (unpaired) electrons. The van der Waals surface area contributed by atoms with Crippen LogP contribution in [-0.2, 0) is 11.0 Å². The molecule has 1 N–H and O–H groups in total. The van der Waals surface area contributed by atoms with E-state index >= 15 is 0 Å². The molecule has 0 saturated heterocycles. The fraction of sp³-hybridized carbons (Fsp3) is 0.417. The molecule has 1 amide bonds. The van der Waals surface area contributed by atoms with E-state index in [1.54, 1.807) is 0 Å². The van der Waals surface area contributed by atoms with E-state index in [9.17, 15) is 18.0 Å². The molecule has 100 valence electrons. The van der Waals surface area contributed by atoms with Crippen LogP contribution in [0.3, 0.4) is 0 Å². The minimum absolute atomic E-state index is 0.267. The van der Waals surface area contributed by atoms with Gasteiger partial charge in [-0.05, 0) is 18.6 Å². The Labute approximate surface area is 108 Å². The smallest absolute Gasteiger partial charge is 0.324 e. The number of carbonyl (C=O) groups is 1. The highest BCUT2D eigenvalue weighted by Crippen LogP contribution is 2.34. The van der Waals surface area contributed by atoms with E-state index in [2.05, 4.69) is 5.32 Å². The molecule has 0 fully saturated rings. The number of anilines is 1. The molecule has 6 heteroatoms. The third-order valence-corrected chi connectivity index (χ3v) is 2.73. The molecule has 0 spiro atoms. The number of hydrogen-bond donors (Lipinski definition) is 1. The summed E-state index contributed by atoms with van der Waals surface area (Å²) in [5, 5.41) is 1.39. The van der Waals surface area contributed by atoms with Gasteiger partial charge in [0.25, 0.3) is 0 Å². The maximum Gasteiger partial charge on any atom is 0.418 e. The second-order valence-corrected chi connectivity index (χ2v) is 4.32. The largest absolute Gasteiger partial charge is 0.418 e. The van der Waals surface area contributed by atoms with Crippen molar-refractivity contribution in [3.05, 3.63) is 29.8 Å². The summed E-state index contributed by atoms with van der Waals surface area (Å²) in [6.07, 6.45) is -3.40. The number of amides is 1. The van der Waals surface area contributed by atoms with E-state index in [1.165, 1.54) is 18.2 Å². The van der Waals surface area contributed by atoms with Gasteiger partial charge in [0.15, 0.2) is 0 Å². The molecule has 1 aromatic carbocycles. The molecule has 0 aromatic heterocycles. The molecular formula is C12H13ClF3NO. The Balaban J connectivity index is 2.88. The number of rotatable bonds is 4. The summed E-state index contributed by atoms with van der Waals surface area (Å²) in [7, 11) is 0. The summed E-state index contributed by atoms with van der Waals surface area (Å²) in [4.78, 5) is 11.6. The van der Waals surface area contributed by atoms with E-state index in [-0.39, 0.29) is 5.69 Å². The first-order valence-corrected chi connectivity index (χ1v) is 5.91. The summed E-state index contributed by atoms with van der Waals surface area (Å²) < 4.78 is 38.0. The standard InChI is InChI=1S/C12H13ClF3NO/c1-2-5-9(13)11(18)17-10-7-4-3-6-8(10)12(14,15)16/h3-4,6-7,9H,2,5H2,1H3,(H,17,18). The fourth-order valence-corrected chi connectivity index (χ4v) is 1.71. The van der Waals surface area contributed by atoms with Crippen LogP contribution in [0.5, 0.6) is 0 Å². The Bertz CT molecular complexity index is 420. The van der Waals surface area contributed by atoms with Gasteiger partial charge in [-0.25, -0.2) is 0 Å². The van der Waals surface area contributed by atoms with E-state index in [0.717, 1.165) is 6.07 Å². The monoisotopic (exact) mass is 279 g/mol. The van der Waals surface area contributed by atoms with E-state index in [4.69, 9.17) is 11.6 Å². The number of halogens is 4. The molecular weight excluding hydrogens is 267 g/mol. The van der Waals surface area contributed by atoms with Gasteiger partial charge in [-0.15, -0.1) is 11.6 Å². The third-order valence-electron chi connectivity index (χ3n) is 2.32. The van der Waals surface area contributed by atoms with Gasteiger partial charge in [0.2, 0.25) is 5.91 Å². The van der Waals surface area contributed by atoms with Crippen LogP contribution in [0.15, 0.2) is 24.3 Å². The molecule has 0 bridgehead atoms. The van der Waals surface area contributed by atoms with Crippen LogP contribution in [0, 0.1) is 0 Å². The summed E-state index contributed by atoms with van der Waals surface area (Å²) in [5.74, 6) is -0.616. The van der Waals surface area contributed by atoms with Crippen LogP contribution in [0.2, 0.25) is 0 Å². The Morgan fingerprint density at radius 1 is 1.39 bits per heavy atom. The van der Waals surface area contributed by atoms with Crippen molar-refractivity contribution in [2.24, 2.45) is 0 Å². The van der Waals surface area contributed by atoms with Crippen LogP contribution in [-0.4, -0.2) is 11.3 Å². The highest BCUT2D eigenvalue weighted by Gasteiger charge is 2.33. The first-order chi connectivity index (χ1) is 8.36. The molecule has 0 aliphatic rings. The van der Waals surface area contributed by atoms with Crippen LogP contribution < -0.4 is 5.32 Å². The van der Waals surface area contributed by atoms with Crippen molar-refractivity contribution in [2.75, 3.05) is 5.32 Å². The predicted molar refractivity (Wildman–Crippen MR) is 64.6 cm³/mol. The maximum absolute atomic E-state index is 12.7. The van der Waals surface area contributed by atoms with E-state index < -0.39 is 23.0 Å². The zero-order valence-corrected chi connectivity index (χ0v) is 10.5. The molecule has 0 aliphatic heterocycles. The topological polar surface area (TPSA) is 29.1 Å². The number of alkyl halides is 4. The average molecular weight is 280 g/mol. The van der Waals surface area contributed by atoms with Crippen molar-refractivity contribution in [3.63, 3.8) is 0 Å². The van der Waals surface area contributed by atoms with Crippen molar-refractivity contribution in [1.29, 1.82) is 0 Å². The number of carbonyl (C=O) groups excluding carboxylic acids is 1. The normalized spacial score (nSPS) is 13.2. The van der Waals surface area contributed by atoms with Gasteiger partial charge < -0.3 is 5.32 Å². The van der Waals surface area contributed by atoms with Crippen molar-refractivity contribution in [1.82, 2.24) is 0 Å². The van der Waals surface area contributed by atoms with Crippen molar-refractivity contribution >= 4 is 23.2 Å². The minimum atomic E-state index is -4.50. The van der Waals surface area contributed by atoms with Crippen molar-refractivity contribution < 1.29 is 18.0 Å². The lowest BCUT2D eigenvalue weighted by atomic mass is 10.1. The summed E-state index contributed by atoms with van der Waals surface area (Å²) >= 11 is 5.75. The summed E-state index contributed by atoms with van der Waals surface area (Å²) in [6.45, 7) is 1.84. The van der Waals surface area contributed by atoms with Gasteiger partial charge in [-0.2, -0.15) is 13.2 Å². The van der Waals surface area contributed by atoms with Gasteiger partial charge in [-0.3, -0.25) is 4.79 Å². The molecule has 1 rings (SSSR count). The Morgan fingerprint density at radius 2 is 2.00 bits per heavy atom. The van der Waals surface area contributed by atoms with Crippen molar-refractivity contribution in [2.45, 2.75) is 31.3 Å². The van der Waals surface area contributed by atoms with Gasteiger partial charge in [0.1, 0.15) is 5.38 Å². The zero-order valence-electron chi connectivity index (χ0n) is 9.72. The second-order valence-electron chi connectivity index (χ2n) is 3.79. The molecule has 0 saturated carbocycles. The lowest BCUT2D eigenvalue weighted by Crippen LogP contribution is -2.24. The maximum atomic E-state index is 12.7. The van der Waals surface area contributed by atoms with Gasteiger partial charge in [0, 0.05) is 0 Å². The first kappa shape index (κ1) is 14.8. The summed E-state index contributed by atoms with van der Waals surface area (Å²) in [5.41, 5.74) is -1.14. The molecule has 0 heterocycles. The van der Waals surface area contributed by atoms with Gasteiger partial charge in [0.05, 0.1) is 11.3 Å². The lowest BCUT2D eigenvalue weighted by Gasteiger charge is -2.15. The number of hydrogen-bond acceptors (Lipinski definition) is 1. The van der Waals surface area contributed by atoms with E-state index in [1.807, 2.05) is 6.92 Å². The number of para-hydroxylation sites is 1. The second kappa shape index (κ2) is 6.09. The van der Waals surface area contributed by atoms with Crippen LogP contribution in [0.25, 0.3) is 0 Å². The van der Waals surface area contributed by atoms with Crippen LogP contribution >= 0.6 is 11.6 Å². The Morgan fingerprint density at radius 3 is 2.56 bits per heavy atom. The third kappa shape index (κ3) is 3.91. The molecule has 1 unspecified atom stereocenters. The van der Waals surface area contributed by atoms with Gasteiger partial charge in [-0.1, -0.05) is 25.5 Å². The predicted octanol–water partition coefficient (Wildman–Crippen LogP) is 4.05. The SMILES string of the molecule is CCCC(Cl)C(=O)Nc1ccccc1C(F)(F)F. The Hall–Kier alpha value is -1.23. The lowest BCUT2D eigenvalue weighted by molar-refractivity contribution is -0.137. The zero-order chi connectivity index (χ0) is 13.8. The first-order valence-electron chi connectivity index (χ1n) is 5.47. The minimum Gasteiger partial charge on any atom is -0.324 e. The van der Waals surface area contributed by atoms with Crippen molar-refractivity contribution in [3.8, 4) is 0 Å². The number of benzene rings is 1. The number of nitrogens with one attached hydrogen (secondary N) is 1. The van der Waals surface area contributed by atoms with Crippen LogP contribution in [0.4, 0.5) is 18.9 Å². The molecule has 2 nitrogen and oxygen atoms in total. The highest BCUT2D eigenvalue weighted by atomic mass is 35.5. The fourth-order valence-electron chi connectivity index (χ4n) is 1.43. The summed E-state index contributed by atoms with van der Waals surface area (Å²) in [6, 6.07) is 4.81. The highest BCUT2D eigenvalue weighted by molar-refractivity contribution is 6.32.